The molecular weight excluding hydrogens is 282 g/mol. The van der Waals surface area contributed by atoms with Crippen LogP contribution in [0.2, 0.25) is 0 Å². The molecule has 2 saturated heterocycles. The van der Waals surface area contributed by atoms with Crippen LogP contribution in [0.25, 0.3) is 11.2 Å². The molecule has 2 aliphatic heterocycles. The Balaban J connectivity index is 1.44. The summed E-state index contributed by atoms with van der Waals surface area (Å²) >= 11 is 0. The highest BCUT2D eigenvalue weighted by atomic mass is 16.5. The van der Waals surface area contributed by atoms with Gasteiger partial charge in [-0.1, -0.05) is 0 Å². The molecule has 0 spiro atoms. The lowest BCUT2D eigenvalue weighted by molar-refractivity contribution is -0.142. The van der Waals surface area contributed by atoms with Crippen LogP contribution in [0.4, 0.5) is 0 Å². The number of nitrogens with one attached hydrogen (secondary N) is 1. The highest BCUT2D eigenvalue weighted by molar-refractivity contribution is 5.81. The molecule has 2 aromatic rings. The molecule has 116 valence electrons. The molecule has 1 unspecified atom stereocenters. The predicted octanol–water partition coefficient (Wildman–Crippen LogP) is 1.24. The van der Waals surface area contributed by atoms with Gasteiger partial charge in [-0.2, -0.15) is 5.10 Å². The molecule has 1 amide bonds. The zero-order valence-corrected chi connectivity index (χ0v) is 12.4. The first kappa shape index (κ1) is 13.6. The van der Waals surface area contributed by atoms with Crippen molar-refractivity contribution in [2.24, 2.45) is 0 Å². The van der Waals surface area contributed by atoms with E-state index < -0.39 is 0 Å². The number of H-pyrrole nitrogens is 1. The number of hydrogen-bond acceptors (Lipinski definition) is 5. The Labute approximate surface area is 128 Å². The molecule has 4 heterocycles. The van der Waals surface area contributed by atoms with Crippen molar-refractivity contribution in [2.75, 3.05) is 19.7 Å². The number of ether oxygens (including phenoxy) is 1. The molecule has 1 N–H and O–H groups in total. The van der Waals surface area contributed by atoms with Crippen molar-refractivity contribution in [3.05, 3.63) is 18.1 Å². The van der Waals surface area contributed by atoms with Gasteiger partial charge in [0.05, 0.1) is 5.69 Å². The number of amides is 1. The Morgan fingerprint density at radius 3 is 2.82 bits per heavy atom. The minimum absolute atomic E-state index is 0.158. The number of aromatic nitrogens is 4. The van der Waals surface area contributed by atoms with Crippen molar-refractivity contribution in [2.45, 2.75) is 37.7 Å². The van der Waals surface area contributed by atoms with E-state index >= 15 is 0 Å². The summed E-state index contributed by atoms with van der Waals surface area (Å²) in [4.78, 5) is 22.9. The van der Waals surface area contributed by atoms with Crippen LogP contribution in [-0.2, 0) is 9.53 Å². The fourth-order valence-electron chi connectivity index (χ4n) is 3.42. The van der Waals surface area contributed by atoms with Crippen LogP contribution >= 0.6 is 0 Å². The quantitative estimate of drug-likeness (QED) is 0.902. The first-order valence-electron chi connectivity index (χ1n) is 7.88. The van der Waals surface area contributed by atoms with E-state index in [-0.39, 0.29) is 12.0 Å². The third kappa shape index (κ3) is 2.35. The first-order valence-corrected chi connectivity index (χ1v) is 7.88. The number of fused-ring (bicyclic) bond motifs is 1. The number of carbonyl (C=O) groups is 1. The van der Waals surface area contributed by atoms with E-state index in [0.717, 1.165) is 50.0 Å². The number of aromatic amines is 1. The van der Waals surface area contributed by atoms with Crippen molar-refractivity contribution >= 4 is 17.1 Å². The van der Waals surface area contributed by atoms with Gasteiger partial charge in [0.2, 0.25) is 0 Å². The van der Waals surface area contributed by atoms with Crippen LogP contribution in [0.1, 0.15) is 37.3 Å². The van der Waals surface area contributed by atoms with Gasteiger partial charge in [-0.15, -0.1) is 0 Å². The molecule has 2 aliphatic rings. The van der Waals surface area contributed by atoms with Crippen LogP contribution in [0, 0.1) is 0 Å². The molecule has 0 radical (unpaired) electrons. The number of likely N-dealkylation sites (tertiary alicyclic amines) is 1. The third-order valence-corrected chi connectivity index (χ3v) is 4.64. The molecule has 22 heavy (non-hydrogen) atoms. The van der Waals surface area contributed by atoms with Gasteiger partial charge in [-0.05, 0) is 25.7 Å². The zero-order chi connectivity index (χ0) is 14.9. The standard InChI is InChI=1S/C15H19N5O2/c21-15(11-2-1-9-22-11)20-7-3-10(4-8-20)12-13-14(19-18-12)17-6-5-16-13/h5-6,10-11H,1-4,7-9H2,(H,17,18,19). The minimum atomic E-state index is -0.213. The molecule has 1 atom stereocenters. The Kier molecular flexibility index (Phi) is 3.49. The second-order valence-corrected chi connectivity index (χ2v) is 5.97. The van der Waals surface area contributed by atoms with Crippen molar-refractivity contribution < 1.29 is 9.53 Å². The lowest BCUT2D eigenvalue weighted by Gasteiger charge is -2.32. The van der Waals surface area contributed by atoms with Crippen LogP contribution < -0.4 is 0 Å². The highest BCUT2D eigenvalue weighted by Gasteiger charge is 2.32. The molecule has 7 nitrogen and oxygen atoms in total. The van der Waals surface area contributed by atoms with Crippen LogP contribution in [0.5, 0.6) is 0 Å². The summed E-state index contributed by atoms with van der Waals surface area (Å²) in [6, 6.07) is 0. The van der Waals surface area contributed by atoms with E-state index in [1.165, 1.54) is 0 Å². The van der Waals surface area contributed by atoms with Gasteiger partial charge in [0, 0.05) is 38.0 Å². The molecule has 0 bridgehead atoms. The highest BCUT2D eigenvalue weighted by Crippen LogP contribution is 2.30. The average Bonchev–Trinajstić information content (AvgIpc) is 3.24. The Hall–Kier alpha value is -2.02. The van der Waals surface area contributed by atoms with E-state index in [9.17, 15) is 4.79 Å². The van der Waals surface area contributed by atoms with E-state index in [1.54, 1.807) is 12.4 Å². The van der Waals surface area contributed by atoms with Crippen LogP contribution in [0.15, 0.2) is 12.4 Å². The summed E-state index contributed by atoms with van der Waals surface area (Å²) in [5, 5.41) is 7.29. The molecule has 7 heteroatoms. The van der Waals surface area contributed by atoms with Crippen molar-refractivity contribution in [1.82, 2.24) is 25.1 Å². The SMILES string of the molecule is O=C(C1CCCO1)N1CCC(c2[nH]nc3nccnc23)CC1. The lowest BCUT2D eigenvalue weighted by Crippen LogP contribution is -2.43. The predicted molar refractivity (Wildman–Crippen MR) is 79.2 cm³/mol. The van der Waals surface area contributed by atoms with Crippen molar-refractivity contribution in [3.63, 3.8) is 0 Å². The third-order valence-electron chi connectivity index (χ3n) is 4.64. The smallest absolute Gasteiger partial charge is 0.251 e. The van der Waals surface area contributed by atoms with E-state index in [4.69, 9.17) is 4.74 Å². The fraction of sp³-hybridized carbons (Fsp3) is 0.600. The topological polar surface area (TPSA) is 84.0 Å². The molecule has 4 rings (SSSR count). The molecular formula is C15H19N5O2. The maximum atomic E-state index is 12.4. The molecule has 0 aromatic carbocycles. The van der Waals surface area contributed by atoms with E-state index in [2.05, 4.69) is 20.2 Å². The summed E-state index contributed by atoms with van der Waals surface area (Å²) in [5.74, 6) is 0.514. The molecule has 0 saturated carbocycles. The van der Waals surface area contributed by atoms with Gasteiger partial charge < -0.3 is 9.64 Å². The van der Waals surface area contributed by atoms with Gasteiger partial charge in [-0.25, -0.2) is 9.97 Å². The van der Waals surface area contributed by atoms with Crippen molar-refractivity contribution in [1.29, 1.82) is 0 Å². The summed E-state index contributed by atoms with van der Waals surface area (Å²) in [6.45, 7) is 2.25. The zero-order valence-electron chi connectivity index (χ0n) is 12.4. The number of nitrogens with zero attached hydrogens (tertiary/aromatic N) is 4. The Morgan fingerprint density at radius 2 is 2.05 bits per heavy atom. The maximum Gasteiger partial charge on any atom is 0.251 e. The molecule has 0 aliphatic carbocycles. The van der Waals surface area contributed by atoms with Crippen LogP contribution in [-0.4, -0.2) is 56.8 Å². The summed E-state index contributed by atoms with van der Waals surface area (Å²) in [5.41, 5.74) is 2.56. The molecule has 2 fully saturated rings. The Bertz CT molecular complexity index is 671. The minimum Gasteiger partial charge on any atom is -0.368 e. The lowest BCUT2D eigenvalue weighted by atomic mass is 9.92. The monoisotopic (exact) mass is 301 g/mol. The van der Waals surface area contributed by atoms with E-state index in [0.29, 0.717) is 18.2 Å². The Morgan fingerprint density at radius 1 is 1.23 bits per heavy atom. The number of hydrogen-bond donors (Lipinski definition) is 1. The van der Waals surface area contributed by atoms with Gasteiger partial charge in [-0.3, -0.25) is 9.89 Å². The fourth-order valence-corrected chi connectivity index (χ4v) is 3.42. The normalized spacial score (nSPS) is 23.3. The average molecular weight is 301 g/mol. The van der Waals surface area contributed by atoms with Gasteiger partial charge in [0.25, 0.3) is 5.91 Å². The summed E-state index contributed by atoms with van der Waals surface area (Å²) < 4.78 is 5.50. The van der Waals surface area contributed by atoms with Gasteiger partial charge in [0.1, 0.15) is 11.6 Å². The van der Waals surface area contributed by atoms with Crippen LogP contribution in [0.3, 0.4) is 0 Å². The number of rotatable bonds is 2. The summed E-state index contributed by atoms with van der Waals surface area (Å²) in [7, 11) is 0. The van der Waals surface area contributed by atoms with Gasteiger partial charge in [0.15, 0.2) is 5.65 Å². The van der Waals surface area contributed by atoms with E-state index in [1.807, 2.05) is 4.90 Å². The largest absolute Gasteiger partial charge is 0.368 e. The van der Waals surface area contributed by atoms with Gasteiger partial charge >= 0.3 is 0 Å². The number of piperidine rings is 1. The number of carbonyl (C=O) groups excluding carboxylic acids is 1. The summed E-state index contributed by atoms with van der Waals surface area (Å²) in [6.07, 6.45) is 6.83. The molecule has 2 aromatic heterocycles. The second kappa shape index (κ2) is 5.64. The van der Waals surface area contributed by atoms with Crippen molar-refractivity contribution in [3.8, 4) is 0 Å². The maximum absolute atomic E-state index is 12.4. The second-order valence-electron chi connectivity index (χ2n) is 5.97. The first-order chi connectivity index (χ1) is 10.8.